The van der Waals surface area contributed by atoms with Crippen molar-refractivity contribution in [1.82, 2.24) is 0 Å². The van der Waals surface area contributed by atoms with Gasteiger partial charge in [-0.3, -0.25) is 0 Å². The minimum absolute atomic E-state index is 0.0703. The quantitative estimate of drug-likeness (QED) is 0.726. The lowest BCUT2D eigenvalue weighted by molar-refractivity contribution is -0.156. The summed E-state index contributed by atoms with van der Waals surface area (Å²) in [5, 5.41) is 9.15. The Kier molecular flexibility index (Phi) is 3.00. The molecule has 0 aromatic carbocycles. The van der Waals surface area contributed by atoms with Gasteiger partial charge in [0, 0.05) is 7.11 Å². The van der Waals surface area contributed by atoms with E-state index >= 15 is 0 Å². The van der Waals surface area contributed by atoms with Crippen LogP contribution in [0.3, 0.4) is 0 Å². The minimum atomic E-state index is -0.373. The summed E-state index contributed by atoms with van der Waals surface area (Å²) in [5.41, 5.74) is -0.617. The molecular formula is C10H20O3. The number of aliphatic hydroxyl groups excluding tert-OH is 1. The van der Waals surface area contributed by atoms with Gasteiger partial charge < -0.3 is 14.6 Å². The van der Waals surface area contributed by atoms with Crippen LogP contribution in [-0.4, -0.2) is 36.1 Å². The first-order valence-corrected chi connectivity index (χ1v) is 4.80. The largest absolute Gasteiger partial charge is 0.393 e. The smallest absolute Gasteiger partial charge is 0.0921 e. The van der Waals surface area contributed by atoms with E-state index in [1.807, 2.05) is 20.8 Å². The first-order chi connectivity index (χ1) is 5.96. The second-order valence-electron chi connectivity index (χ2n) is 4.40. The van der Waals surface area contributed by atoms with Gasteiger partial charge in [-0.1, -0.05) is 0 Å². The number of rotatable bonds is 3. The highest BCUT2D eigenvalue weighted by atomic mass is 16.6. The summed E-state index contributed by atoms with van der Waals surface area (Å²) in [6.45, 7) is 6.07. The van der Waals surface area contributed by atoms with Gasteiger partial charge in [-0.05, 0) is 33.6 Å². The van der Waals surface area contributed by atoms with Crippen LogP contribution < -0.4 is 0 Å². The van der Waals surface area contributed by atoms with E-state index in [1.165, 1.54) is 0 Å². The van der Waals surface area contributed by atoms with Gasteiger partial charge in [0.1, 0.15) is 0 Å². The predicted octanol–water partition coefficient (Wildman–Crippen LogP) is 1.34. The number of aliphatic hydroxyl groups is 1. The van der Waals surface area contributed by atoms with Crippen molar-refractivity contribution in [3.63, 3.8) is 0 Å². The van der Waals surface area contributed by atoms with Crippen LogP contribution in [0.1, 0.15) is 33.6 Å². The first-order valence-electron chi connectivity index (χ1n) is 4.80. The molecule has 0 aromatic heterocycles. The molecule has 0 saturated carbocycles. The molecule has 3 unspecified atom stereocenters. The normalized spacial score (nSPS) is 42.2. The lowest BCUT2D eigenvalue weighted by Crippen LogP contribution is -2.42. The molecule has 0 bridgehead atoms. The molecule has 1 N–H and O–H groups in total. The average Bonchev–Trinajstić information content (AvgIpc) is 2.44. The van der Waals surface area contributed by atoms with E-state index < -0.39 is 0 Å². The van der Waals surface area contributed by atoms with Gasteiger partial charge in [0.15, 0.2) is 0 Å². The zero-order valence-corrected chi connectivity index (χ0v) is 8.96. The summed E-state index contributed by atoms with van der Waals surface area (Å²) in [6.07, 6.45) is 1.91. The van der Waals surface area contributed by atoms with Crippen LogP contribution in [0.25, 0.3) is 0 Å². The SMILES string of the molecule is COC(C)C1(C)CCC(C)(CO)O1. The molecule has 0 aromatic rings. The molecule has 1 aliphatic heterocycles. The number of methoxy groups -OCH3 is 1. The van der Waals surface area contributed by atoms with E-state index in [4.69, 9.17) is 14.6 Å². The molecule has 13 heavy (non-hydrogen) atoms. The third-order valence-corrected chi connectivity index (χ3v) is 3.18. The minimum Gasteiger partial charge on any atom is -0.393 e. The molecule has 0 spiro atoms. The molecule has 3 nitrogen and oxygen atoms in total. The summed E-state index contributed by atoms with van der Waals surface area (Å²) >= 11 is 0. The Morgan fingerprint density at radius 2 is 2.08 bits per heavy atom. The van der Waals surface area contributed by atoms with Gasteiger partial charge in [0.25, 0.3) is 0 Å². The Morgan fingerprint density at radius 1 is 1.46 bits per heavy atom. The molecule has 0 amide bonds. The molecule has 1 aliphatic rings. The van der Waals surface area contributed by atoms with Crippen molar-refractivity contribution in [2.45, 2.75) is 50.9 Å². The number of ether oxygens (including phenoxy) is 2. The van der Waals surface area contributed by atoms with E-state index in [0.29, 0.717) is 0 Å². The second kappa shape index (κ2) is 3.56. The van der Waals surface area contributed by atoms with Crippen molar-refractivity contribution >= 4 is 0 Å². The Hall–Kier alpha value is -0.120. The van der Waals surface area contributed by atoms with Crippen molar-refractivity contribution in [2.75, 3.05) is 13.7 Å². The molecule has 3 atom stereocenters. The van der Waals surface area contributed by atoms with Gasteiger partial charge in [-0.15, -0.1) is 0 Å². The second-order valence-corrected chi connectivity index (χ2v) is 4.40. The van der Waals surface area contributed by atoms with Crippen molar-refractivity contribution in [3.05, 3.63) is 0 Å². The highest BCUT2D eigenvalue weighted by Crippen LogP contribution is 2.40. The van der Waals surface area contributed by atoms with Crippen LogP contribution in [0.4, 0.5) is 0 Å². The fraction of sp³-hybridized carbons (Fsp3) is 1.00. The summed E-state index contributed by atoms with van der Waals surface area (Å²) in [6, 6.07) is 0. The third kappa shape index (κ3) is 2.03. The van der Waals surface area contributed by atoms with Crippen LogP contribution in [-0.2, 0) is 9.47 Å². The Balaban J connectivity index is 2.66. The molecule has 1 saturated heterocycles. The van der Waals surface area contributed by atoms with E-state index in [1.54, 1.807) is 7.11 Å². The molecule has 3 heteroatoms. The Morgan fingerprint density at radius 3 is 2.46 bits per heavy atom. The van der Waals surface area contributed by atoms with Crippen LogP contribution in [0.15, 0.2) is 0 Å². The van der Waals surface area contributed by atoms with E-state index in [2.05, 4.69) is 0 Å². The van der Waals surface area contributed by atoms with Gasteiger partial charge >= 0.3 is 0 Å². The fourth-order valence-corrected chi connectivity index (χ4v) is 1.82. The van der Waals surface area contributed by atoms with E-state index in [9.17, 15) is 0 Å². The first kappa shape index (κ1) is 11.0. The van der Waals surface area contributed by atoms with Crippen LogP contribution in [0.2, 0.25) is 0 Å². The molecular weight excluding hydrogens is 168 g/mol. The van der Waals surface area contributed by atoms with Gasteiger partial charge in [0.05, 0.1) is 23.9 Å². The molecule has 78 valence electrons. The van der Waals surface area contributed by atoms with Crippen molar-refractivity contribution < 1.29 is 14.6 Å². The summed E-state index contributed by atoms with van der Waals surface area (Å²) < 4.78 is 11.1. The Bertz CT molecular complexity index is 183. The van der Waals surface area contributed by atoms with Crippen molar-refractivity contribution in [2.24, 2.45) is 0 Å². The van der Waals surface area contributed by atoms with Crippen molar-refractivity contribution in [1.29, 1.82) is 0 Å². The number of hydrogen-bond acceptors (Lipinski definition) is 3. The monoisotopic (exact) mass is 188 g/mol. The van der Waals surface area contributed by atoms with Gasteiger partial charge in [-0.25, -0.2) is 0 Å². The summed E-state index contributed by atoms with van der Waals surface area (Å²) in [5.74, 6) is 0. The van der Waals surface area contributed by atoms with E-state index in [0.717, 1.165) is 12.8 Å². The summed E-state index contributed by atoms with van der Waals surface area (Å²) in [7, 11) is 1.69. The van der Waals surface area contributed by atoms with Crippen LogP contribution in [0, 0.1) is 0 Å². The van der Waals surface area contributed by atoms with Crippen LogP contribution in [0.5, 0.6) is 0 Å². The highest BCUT2D eigenvalue weighted by molar-refractivity contribution is 4.95. The average molecular weight is 188 g/mol. The lowest BCUT2D eigenvalue weighted by atomic mass is 9.94. The zero-order valence-electron chi connectivity index (χ0n) is 8.96. The molecule has 0 aliphatic carbocycles. The Labute approximate surface area is 80.0 Å². The topological polar surface area (TPSA) is 38.7 Å². The third-order valence-electron chi connectivity index (χ3n) is 3.18. The predicted molar refractivity (Wildman–Crippen MR) is 50.7 cm³/mol. The standard InChI is InChI=1S/C10H20O3/c1-8(12-4)10(3)6-5-9(2,7-11)13-10/h8,11H,5-7H2,1-4H3. The molecule has 1 rings (SSSR count). The van der Waals surface area contributed by atoms with E-state index in [-0.39, 0.29) is 23.9 Å². The molecule has 1 fully saturated rings. The highest BCUT2D eigenvalue weighted by Gasteiger charge is 2.46. The molecule has 0 radical (unpaired) electrons. The van der Waals surface area contributed by atoms with Crippen LogP contribution >= 0.6 is 0 Å². The maximum atomic E-state index is 9.15. The van der Waals surface area contributed by atoms with Gasteiger partial charge in [0.2, 0.25) is 0 Å². The maximum absolute atomic E-state index is 9.15. The number of hydrogen-bond donors (Lipinski definition) is 1. The van der Waals surface area contributed by atoms with Gasteiger partial charge in [-0.2, -0.15) is 0 Å². The molecule has 1 heterocycles. The fourth-order valence-electron chi connectivity index (χ4n) is 1.82. The summed E-state index contributed by atoms with van der Waals surface area (Å²) in [4.78, 5) is 0. The zero-order chi connectivity index (χ0) is 10.1. The van der Waals surface area contributed by atoms with Crippen molar-refractivity contribution in [3.8, 4) is 0 Å². The lowest BCUT2D eigenvalue weighted by Gasteiger charge is -2.33. The maximum Gasteiger partial charge on any atom is 0.0921 e.